The van der Waals surface area contributed by atoms with Gasteiger partial charge < -0.3 is 14.9 Å². The Bertz CT molecular complexity index is 1160. The third kappa shape index (κ3) is 6.65. The fourth-order valence-electron chi connectivity index (χ4n) is 6.59. The number of carbonyl (C=O) groups is 3. The molecule has 39 heavy (non-hydrogen) atoms. The van der Waals surface area contributed by atoms with Crippen molar-refractivity contribution in [3.05, 3.63) is 45.0 Å². The molecule has 8 heteroatoms. The van der Waals surface area contributed by atoms with Crippen molar-refractivity contribution in [1.29, 1.82) is 0 Å². The van der Waals surface area contributed by atoms with E-state index in [2.05, 4.69) is 35.9 Å². The number of carboxylic acids is 1. The molecule has 0 spiro atoms. The predicted molar refractivity (Wildman–Crippen MR) is 153 cm³/mol. The van der Waals surface area contributed by atoms with Crippen molar-refractivity contribution in [2.24, 2.45) is 17.8 Å². The molecule has 7 nitrogen and oxygen atoms in total. The lowest BCUT2D eigenvalue weighted by Crippen LogP contribution is -2.34. The number of aromatic hydroxyl groups is 1. The number of likely N-dealkylation sites (tertiary alicyclic amines) is 1. The fourth-order valence-corrected chi connectivity index (χ4v) is 6.97. The number of carbonyl (C=O) groups excluding carboxylic acids is 2. The Hall–Kier alpha value is -2.45. The number of halogens is 1. The molecule has 1 aliphatic carbocycles. The van der Waals surface area contributed by atoms with Gasteiger partial charge in [0.1, 0.15) is 5.75 Å². The number of rotatable bonds is 13. The van der Waals surface area contributed by atoms with E-state index in [9.17, 15) is 19.5 Å². The van der Waals surface area contributed by atoms with Gasteiger partial charge in [-0.2, -0.15) is 0 Å². The molecule has 0 radical (unpaired) electrons. The molecule has 0 bridgehead atoms. The zero-order valence-electron chi connectivity index (χ0n) is 23.0. The second kappa shape index (κ2) is 13.3. The number of allylic oxidation sites excluding steroid dienone is 2. The molecule has 2 N–H and O–H groups in total. The summed E-state index contributed by atoms with van der Waals surface area (Å²) in [5.74, 6) is -1.42. The van der Waals surface area contributed by atoms with Crippen LogP contribution in [-0.4, -0.2) is 52.2 Å². The minimum Gasteiger partial charge on any atom is -0.507 e. The number of phenolic OH excluding ortho intramolecular Hbond substituents is 1. The minimum atomic E-state index is -0.820. The first-order chi connectivity index (χ1) is 18.7. The second-order valence-electron chi connectivity index (χ2n) is 11.0. The number of hydrogen-bond donors (Lipinski definition) is 2. The summed E-state index contributed by atoms with van der Waals surface area (Å²) in [5, 5.41) is 19.2. The van der Waals surface area contributed by atoms with Gasteiger partial charge in [0.15, 0.2) is 0 Å². The summed E-state index contributed by atoms with van der Waals surface area (Å²) in [5.41, 5.74) is 4.56. The Morgan fingerprint density at radius 2 is 1.90 bits per heavy atom. The molecule has 3 aliphatic rings. The highest BCUT2D eigenvalue weighted by Gasteiger charge is 2.56. The molecule has 0 unspecified atom stereocenters. The van der Waals surface area contributed by atoms with Crippen LogP contribution in [0.2, 0.25) is 0 Å². The van der Waals surface area contributed by atoms with E-state index in [1.165, 1.54) is 21.6 Å². The molecule has 2 saturated heterocycles. The van der Waals surface area contributed by atoms with Crippen LogP contribution in [0.4, 0.5) is 0 Å². The first-order valence-electron chi connectivity index (χ1n) is 14.3. The summed E-state index contributed by atoms with van der Waals surface area (Å²) >= 11 is 3.49. The third-order valence-electron chi connectivity index (χ3n) is 8.45. The topological polar surface area (TPSA) is 104 Å². The maximum atomic E-state index is 13.5. The van der Waals surface area contributed by atoms with E-state index < -0.39 is 5.97 Å². The zero-order chi connectivity index (χ0) is 28.1. The molecule has 2 amide bonds. The maximum Gasteiger partial charge on any atom is 0.303 e. The second-order valence-corrected chi connectivity index (χ2v) is 11.9. The molecular weight excluding hydrogens is 562 g/mol. The number of aliphatic carboxylic acids is 1. The van der Waals surface area contributed by atoms with Gasteiger partial charge in [0, 0.05) is 28.9 Å². The summed E-state index contributed by atoms with van der Waals surface area (Å²) < 4.78 is 7.26. The monoisotopic (exact) mass is 601 g/mol. The van der Waals surface area contributed by atoms with Crippen LogP contribution < -0.4 is 0 Å². The van der Waals surface area contributed by atoms with Gasteiger partial charge in [0.05, 0.1) is 24.5 Å². The predicted octanol–water partition coefficient (Wildman–Crippen LogP) is 6.49. The summed E-state index contributed by atoms with van der Waals surface area (Å²) in [7, 11) is 0. The number of unbranched alkanes of at least 4 members (excludes halogenated alkanes) is 2. The summed E-state index contributed by atoms with van der Waals surface area (Å²) in [6.45, 7) is 5.10. The lowest BCUT2D eigenvalue weighted by atomic mass is 9.69. The van der Waals surface area contributed by atoms with E-state index in [0.717, 1.165) is 42.1 Å². The van der Waals surface area contributed by atoms with Gasteiger partial charge in [0.25, 0.3) is 0 Å². The normalized spacial score (nSPS) is 24.9. The largest absolute Gasteiger partial charge is 0.507 e. The Balaban J connectivity index is 1.45. The number of benzene rings is 1. The zero-order valence-corrected chi connectivity index (χ0v) is 24.5. The number of imide groups is 1. The van der Waals surface area contributed by atoms with E-state index in [1.807, 2.05) is 12.1 Å². The van der Waals surface area contributed by atoms with Crippen LogP contribution in [-0.2, 0) is 19.1 Å². The average molecular weight is 603 g/mol. The van der Waals surface area contributed by atoms with Gasteiger partial charge in [-0.3, -0.25) is 19.3 Å². The summed E-state index contributed by atoms with van der Waals surface area (Å²) in [6, 6.07) is 5.44. The van der Waals surface area contributed by atoms with Crippen molar-refractivity contribution in [2.45, 2.75) is 84.2 Å². The first-order valence-corrected chi connectivity index (χ1v) is 15.1. The lowest BCUT2D eigenvalue weighted by Gasteiger charge is -2.31. The number of hydrogen-bond acceptors (Lipinski definition) is 5. The Kier molecular flexibility index (Phi) is 10.0. The SMILES string of the molecule is CCC/C(=C\c1cc(Br)ccc1O)CC[C@H]1OC[C@H]2C1=C(CC)C[C@H]1C(=O)N(CCCCCC(=O)O)C(=O)[C@H]12. The number of carboxylic acid groups (broad SMARTS) is 1. The van der Waals surface area contributed by atoms with Gasteiger partial charge in [-0.05, 0) is 68.7 Å². The molecule has 1 aromatic rings. The van der Waals surface area contributed by atoms with E-state index >= 15 is 0 Å². The molecule has 1 aromatic carbocycles. The van der Waals surface area contributed by atoms with Gasteiger partial charge in [0.2, 0.25) is 11.8 Å². The Morgan fingerprint density at radius 1 is 1.10 bits per heavy atom. The van der Waals surface area contributed by atoms with Crippen molar-refractivity contribution < 1.29 is 29.3 Å². The highest BCUT2D eigenvalue weighted by molar-refractivity contribution is 9.10. The van der Waals surface area contributed by atoms with E-state index in [4.69, 9.17) is 9.84 Å². The van der Waals surface area contributed by atoms with E-state index in [1.54, 1.807) is 6.07 Å². The highest BCUT2D eigenvalue weighted by Crippen LogP contribution is 2.50. The molecular formula is C31H40BrNO6. The lowest BCUT2D eigenvalue weighted by molar-refractivity contribution is -0.141. The van der Waals surface area contributed by atoms with Gasteiger partial charge in [-0.1, -0.05) is 59.8 Å². The number of fused-ring (bicyclic) bond motifs is 3. The van der Waals surface area contributed by atoms with Gasteiger partial charge in [-0.25, -0.2) is 0 Å². The quantitative estimate of drug-likeness (QED) is 0.152. The Labute approximate surface area is 239 Å². The molecule has 212 valence electrons. The number of nitrogens with zero attached hydrogens (tertiary/aromatic N) is 1. The molecule has 4 rings (SSSR count). The minimum absolute atomic E-state index is 0.0510. The maximum absolute atomic E-state index is 13.5. The molecule has 0 saturated carbocycles. The van der Waals surface area contributed by atoms with Crippen molar-refractivity contribution in [3.63, 3.8) is 0 Å². The van der Waals surface area contributed by atoms with Crippen molar-refractivity contribution >= 4 is 39.8 Å². The number of ether oxygens (including phenoxy) is 1. The summed E-state index contributed by atoms with van der Waals surface area (Å²) in [6.07, 6.45) is 9.04. The molecule has 2 fully saturated rings. The molecule has 4 atom stereocenters. The third-order valence-corrected chi connectivity index (χ3v) is 8.94. The van der Waals surface area contributed by atoms with E-state index in [0.29, 0.717) is 38.8 Å². The number of phenols is 1. The van der Waals surface area contributed by atoms with Crippen LogP contribution >= 0.6 is 15.9 Å². The van der Waals surface area contributed by atoms with Crippen LogP contribution in [0, 0.1) is 17.8 Å². The van der Waals surface area contributed by atoms with Crippen molar-refractivity contribution in [2.75, 3.05) is 13.2 Å². The van der Waals surface area contributed by atoms with Crippen LogP contribution in [0.15, 0.2) is 39.4 Å². The standard InChI is InChI=1S/C31H40BrNO6/c1-3-8-19(15-21-16-22(32)11-12-25(21)34)10-13-26-28-20(4-2)17-23-29(24(28)18-39-26)31(38)33(30(23)37)14-7-5-6-9-27(35)36/h11-12,15-16,23-24,26,29,34H,3-10,13-14,17-18H2,1-2H3,(H,35,36)/b19-15+/t23-,24+,26-,29-/m1/s1. The van der Waals surface area contributed by atoms with Crippen molar-refractivity contribution in [1.82, 2.24) is 4.90 Å². The molecule has 2 aliphatic heterocycles. The highest BCUT2D eigenvalue weighted by atomic mass is 79.9. The van der Waals surface area contributed by atoms with Crippen LogP contribution in [0.1, 0.15) is 83.6 Å². The number of amides is 2. The van der Waals surface area contributed by atoms with E-state index in [-0.39, 0.29) is 47.8 Å². The smallest absolute Gasteiger partial charge is 0.303 e. The van der Waals surface area contributed by atoms with Crippen LogP contribution in [0.25, 0.3) is 6.08 Å². The molecule has 0 aromatic heterocycles. The van der Waals surface area contributed by atoms with Crippen molar-refractivity contribution in [3.8, 4) is 5.75 Å². The van der Waals surface area contributed by atoms with Gasteiger partial charge >= 0.3 is 5.97 Å². The summed E-state index contributed by atoms with van der Waals surface area (Å²) in [4.78, 5) is 39.0. The fraction of sp³-hybridized carbons (Fsp3) is 0.581. The van der Waals surface area contributed by atoms with Crippen LogP contribution in [0.3, 0.4) is 0 Å². The Morgan fingerprint density at radius 3 is 2.62 bits per heavy atom. The van der Waals surface area contributed by atoms with Crippen LogP contribution in [0.5, 0.6) is 5.75 Å². The first kappa shape index (κ1) is 29.5. The molecule has 2 heterocycles. The van der Waals surface area contributed by atoms with Gasteiger partial charge in [-0.15, -0.1) is 0 Å². The average Bonchev–Trinajstić information content (AvgIpc) is 3.43.